The minimum atomic E-state index is -1.07. The lowest BCUT2D eigenvalue weighted by molar-refractivity contribution is -0.137. The zero-order chi connectivity index (χ0) is 25.5. The van der Waals surface area contributed by atoms with E-state index in [1.54, 1.807) is 0 Å². The fraction of sp³-hybridized carbons (Fsp3) is 0.556. The van der Waals surface area contributed by atoms with Crippen LogP contribution in [0.3, 0.4) is 0 Å². The number of aliphatic carboxylic acids is 1. The number of nitrogens with one attached hydrogen (secondary N) is 1. The summed E-state index contributed by atoms with van der Waals surface area (Å²) >= 11 is 1.43. The largest absolute Gasteiger partial charge is 0.490 e. The van der Waals surface area contributed by atoms with E-state index in [1.165, 1.54) is 11.8 Å². The maximum Gasteiger partial charge on any atom is 0.322 e. The number of ether oxygens (including phenoxy) is 1. The number of allylic oxidation sites excluding steroid dienone is 3. The molecule has 1 aliphatic rings. The highest BCUT2D eigenvalue weighted by atomic mass is 32.2. The molecule has 1 aromatic carbocycles. The number of aliphatic hydroxyl groups is 1. The first-order chi connectivity index (χ1) is 16.0. The van der Waals surface area contributed by atoms with Gasteiger partial charge in [0.15, 0.2) is 0 Å². The van der Waals surface area contributed by atoms with Crippen LogP contribution in [0.2, 0.25) is 0 Å². The van der Waals surface area contributed by atoms with E-state index in [0.29, 0.717) is 17.7 Å². The molecule has 0 saturated carbocycles. The van der Waals surface area contributed by atoms with Crippen molar-refractivity contribution in [1.82, 2.24) is 5.32 Å². The van der Waals surface area contributed by atoms with Crippen molar-refractivity contribution in [3.63, 3.8) is 0 Å². The van der Waals surface area contributed by atoms with Crippen LogP contribution in [-0.2, 0) is 15.0 Å². The Kier molecular flexibility index (Phi) is 9.83. The first-order valence-corrected chi connectivity index (χ1v) is 12.9. The summed E-state index contributed by atoms with van der Waals surface area (Å²) in [6.07, 6.45) is 7.05. The number of carbonyl (C=O) groups is 2. The molecular formula is C27H39NO5S. The topological polar surface area (TPSA) is 95.9 Å². The minimum Gasteiger partial charge on any atom is -0.490 e. The molecule has 1 unspecified atom stereocenters. The standard InChI is InChI=1S/C27H39NO5S/c1-7-26(32,8-2)17-33-21-12-11-20(15-19(21)6)27(9-3,10-4)23-14-18(5)13-22(34-23)25(31)28-16-24(29)30/h11-15,18,32H,7-10,16-17H2,1-6H3,(H,28,31)(H,29,30). The number of aryl methyl sites for hydroxylation is 1. The van der Waals surface area contributed by atoms with Crippen molar-refractivity contribution >= 4 is 23.6 Å². The van der Waals surface area contributed by atoms with Crippen molar-refractivity contribution in [2.75, 3.05) is 13.2 Å². The Bertz CT molecular complexity index is 944. The second-order valence-corrected chi connectivity index (χ2v) is 10.2. The Labute approximate surface area is 207 Å². The maximum absolute atomic E-state index is 12.6. The van der Waals surface area contributed by atoms with Crippen LogP contribution in [0, 0.1) is 12.8 Å². The highest BCUT2D eigenvalue weighted by Gasteiger charge is 2.36. The summed E-state index contributed by atoms with van der Waals surface area (Å²) in [5.41, 5.74) is 1.05. The zero-order valence-electron chi connectivity index (χ0n) is 21.2. The van der Waals surface area contributed by atoms with Gasteiger partial charge in [-0.1, -0.05) is 70.7 Å². The SMILES string of the molecule is CCC(O)(CC)COc1ccc(C(CC)(CC)C2=CC(C)C=C(C(=O)NCC(=O)O)S2)cc1C. The maximum atomic E-state index is 12.6. The summed E-state index contributed by atoms with van der Waals surface area (Å²) in [5, 5.41) is 22.0. The predicted molar refractivity (Wildman–Crippen MR) is 138 cm³/mol. The fourth-order valence-electron chi connectivity index (χ4n) is 4.26. The Morgan fingerprint density at radius 2 is 1.74 bits per heavy atom. The molecule has 0 aromatic heterocycles. The minimum absolute atomic E-state index is 0.0590. The molecule has 188 valence electrons. The monoisotopic (exact) mass is 489 g/mol. The number of carbonyl (C=O) groups excluding carboxylic acids is 1. The summed E-state index contributed by atoms with van der Waals surface area (Å²) < 4.78 is 6.00. The van der Waals surface area contributed by atoms with E-state index < -0.39 is 18.1 Å². The molecule has 34 heavy (non-hydrogen) atoms. The lowest BCUT2D eigenvalue weighted by Crippen LogP contribution is -2.34. The summed E-state index contributed by atoms with van der Waals surface area (Å²) in [5.74, 6) is -0.601. The molecule has 1 amide bonds. The average molecular weight is 490 g/mol. The van der Waals surface area contributed by atoms with Crippen LogP contribution in [0.1, 0.15) is 71.4 Å². The molecule has 1 atom stereocenters. The number of benzene rings is 1. The van der Waals surface area contributed by atoms with Crippen molar-refractivity contribution in [2.24, 2.45) is 5.92 Å². The Morgan fingerprint density at radius 3 is 2.26 bits per heavy atom. The second kappa shape index (κ2) is 11.9. The quantitative estimate of drug-likeness (QED) is 0.367. The number of carboxylic acids is 1. The number of amides is 1. The lowest BCUT2D eigenvalue weighted by Gasteiger charge is -2.37. The van der Waals surface area contributed by atoms with E-state index >= 15 is 0 Å². The van der Waals surface area contributed by atoms with Crippen LogP contribution in [0.5, 0.6) is 5.75 Å². The average Bonchev–Trinajstić information content (AvgIpc) is 2.82. The van der Waals surface area contributed by atoms with Gasteiger partial charge < -0.3 is 20.3 Å². The van der Waals surface area contributed by atoms with Gasteiger partial charge in [0.05, 0.1) is 10.5 Å². The van der Waals surface area contributed by atoms with Gasteiger partial charge in [0, 0.05) is 5.41 Å². The molecular weight excluding hydrogens is 450 g/mol. The molecule has 0 fully saturated rings. The third-order valence-corrected chi connectivity index (χ3v) is 8.18. The van der Waals surface area contributed by atoms with Gasteiger partial charge in [-0.15, -0.1) is 0 Å². The first-order valence-electron chi connectivity index (χ1n) is 12.1. The fourth-order valence-corrected chi connectivity index (χ4v) is 5.83. The van der Waals surface area contributed by atoms with E-state index in [2.05, 4.69) is 37.4 Å². The number of thioether (sulfide) groups is 1. The van der Waals surface area contributed by atoms with Gasteiger partial charge in [0.1, 0.15) is 18.9 Å². The van der Waals surface area contributed by atoms with Crippen LogP contribution >= 0.6 is 11.8 Å². The molecule has 0 saturated heterocycles. The summed E-state index contributed by atoms with van der Waals surface area (Å²) in [6, 6.07) is 6.21. The van der Waals surface area contributed by atoms with Crippen LogP contribution < -0.4 is 10.1 Å². The van der Waals surface area contributed by atoms with Crippen molar-refractivity contribution in [1.29, 1.82) is 0 Å². The molecule has 0 radical (unpaired) electrons. The van der Waals surface area contributed by atoms with E-state index in [4.69, 9.17) is 9.84 Å². The van der Waals surface area contributed by atoms with Gasteiger partial charge in [-0.25, -0.2) is 0 Å². The Morgan fingerprint density at radius 1 is 1.09 bits per heavy atom. The predicted octanol–water partition coefficient (Wildman–Crippen LogP) is 5.33. The van der Waals surface area contributed by atoms with Crippen LogP contribution in [0.25, 0.3) is 0 Å². The smallest absolute Gasteiger partial charge is 0.322 e. The normalized spacial score (nSPS) is 16.5. The van der Waals surface area contributed by atoms with Crippen LogP contribution in [-0.4, -0.2) is 40.8 Å². The number of hydrogen-bond acceptors (Lipinski definition) is 5. The van der Waals surface area contributed by atoms with Crippen molar-refractivity contribution in [3.05, 3.63) is 51.3 Å². The number of hydrogen-bond donors (Lipinski definition) is 3. The highest BCUT2D eigenvalue weighted by Crippen LogP contribution is 2.49. The molecule has 0 bridgehead atoms. The van der Waals surface area contributed by atoms with Crippen molar-refractivity contribution in [2.45, 2.75) is 78.2 Å². The van der Waals surface area contributed by atoms with Gasteiger partial charge in [-0.3, -0.25) is 9.59 Å². The molecule has 3 N–H and O–H groups in total. The molecule has 6 nitrogen and oxygen atoms in total. The van der Waals surface area contributed by atoms with E-state index in [9.17, 15) is 14.7 Å². The van der Waals surface area contributed by atoms with Crippen molar-refractivity contribution in [3.8, 4) is 5.75 Å². The molecule has 1 aliphatic heterocycles. The third-order valence-electron chi connectivity index (χ3n) is 6.89. The Balaban J connectivity index is 2.32. The first kappa shape index (κ1) is 28.0. The summed E-state index contributed by atoms with van der Waals surface area (Å²) in [7, 11) is 0. The third kappa shape index (κ3) is 6.45. The van der Waals surface area contributed by atoms with Gasteiger partial charge in [-0.05, 0) is 60.6 Å². The van der Waals surface area contributed by atoms with E-state index in [1.807, 2.05) is 39.8 Å². The Hall–Kier alpha value is -2.25. The van der Waals surface area contributed by atoms with Crippen LogP contribution in [0.4, 0.5) is 0 Å². The van der Waals surface area contributed by atoms with Crippen LogP contribution in [0.15, 0.2) is 40.2 Å². The molecule has 1 heterocycles. The van der Waals surface area contributed by atoms with E-state index in [-0.39, 0.29) is 23.8 Å². The zero-order valence-corrected chi connectivity index (χ0v) is 22.1. The molecule has 7 heteroatoms. The molecule has 0 spiro atoms. The van der Waals surface area contributed by atoms with E-state index in [0.717, 1.165) is 34.6 Å². The van der Waals surface area contributed by atoms with Crippen molar-refractivity contribution < 1.29 is 24.5 Å². The molecule has 0 aliphatic carbocycles. The van der Waals surface area contributed by atoms with Gasteiger partial charge in [0.25, 0.3) is 5.91 Å². The number of rotatable bonds is 12. The van der Waals surface area contributed by atoms with Gasteiger partial charge in [-0.2, -0.15) is 0 Å². The lowest BCUT2D eigenvalue weighted by atomic mass is 9.74. The summed E-state index contributed by atoms with van der Waals surface area (Å²) in [4.78, 5) is 25.1. The second-order valence-electron chi connectivity index (χ2n) is 9.09. The van der Waals surface area contributed by atoms with Gasteiger partial charge >= 0.3 is 5.97 Å². The number of carboxylic acid groups (broad SMARTS) is 1. The molecule has 1 aromatic rings. The highest BCUT2D eigenvalue weighted by molar-refractivity contribution is 8.07. The molecule has 2 rings (SSSR count). The summed E-state index contributed by atoms with van der Waals surface area (Å²) in [6.45, 7) is 12.1. The van der Waals surface area contributed by atoms with Gasteiger partial charge in [0.2, 0.25) is 0 Å².